The Morgan fingerprint density at radius 3 is 2.76 bits per heavy atom. The maximum Gasteiger partial charge on any atom is 0.259 e. The van der Waals surface area contributed by atoms with E-state index < -0.39 is 5.91 Å². The van der Waals surface area contributed by atoms with Gasteiger partial charge in [-0.1, -0.05) is 28.1 Å². The molecule has 0 radical (unpaired) electrons. The van der Waals surface area contributed by atoms with Crippen molar-refractivity contribution in [3.05, 3.63) is 58.1 Å². The van der Waals surface area contributed by atoms with Crippen LogP contribution >= 0.6 is 15.9 Å². The number of hydrogen-bond acceptors (Lipinski definition) is 5. The Morgan fingerprint density at radius 1 is 1.28 bits per heavy atom. The Labute approximate surface area is 152 Å². The number of benzene rings is 2. The third kappa shape index (κ3) is 5.32. The Hall–Kier alpha value is -2.87. The van der Waals surface area contributed by atoms with E-state index in [9.17, 15) is 14.7 Å². The minimum atomic E-state index is -0.498. The Bertz CT molecular complexity index is 808. The molecule has 0 unspecified atom stereocenters. The number of phenols is 1. The van der Waals surface area contributed by atoms with Gasteiger partial charge in [-0.2, -0.15) is 5.10 Å². The molecule has 0 atom stereocenters. The van der Waals surface area contributed by atoms with Crippen LogP contribution in [0.25, 0.3) is 0 Å². The molecule has 2 aromatic rings. The van der Waals surface area contributed by atoms with Crippen molar-refractivity contribution in [2.75, 3.05) is 13.7 Å². The molecule has 2 amide bonds. The molecule has 0 aliphatic rings. The van der Waals surface area contributed by atoms with Gasteiger partial charge in [0.25, 0.3) is 11.8 Å². The van der Waals surface area contributed by atoms with Gasteiger partial charge >= 0.3 is 0 Å². The summed E-state index contributed by atoms with van der Waals surface area (Å²) < 4.78 is 5.75. The molecule has 0 aromatic heterocycles. The van der Waals surface area contributed by atoms with Gasteiger partial charge in [0, 0.05) is 15.6 Å². The first-order valence-corrected chi connectivity index (χ1v) is 8.02. The SMILES string of the molecule is COc1cccc(/C=N\NC(=O)CNC(=O)c2cccc(Br)c2)c1O. The molecule has 0 bridgehead atoms. The van der Waals surface area contributed by atoms with Crippen LogP contribution in [0.1, 0.15) is 15.9 Å². The number of rotatable bonds is 6. The van der Waals surface area contributed by atoms with Crippen molar-refractivity contribution in [3.63, 3.8) is 0 Å². The van der Waals surface area contributed by atoms with E-state index in [1.54, 1.807) is 42.5 Å². The van der Waals surface area contributed by atoms with Gasteiger partial charge in [-0.05, 0) is 30.3 Å². The van der Waals surface area contributed by atoms with Crippen molar-refractivity contribution >= 4 is 34.0 Å². The van der Waals surface area contributed by atoms with Gasteiger partial charge < -0.3 is 15.2 Å². The zero-order valence-electron chi connectivity index (χ0n) is 13.3. The molecule has 0 saturated carbocycles. The van der Waals surface area contributed by atoms with Gasteiger partial charge in [0.05, 0.1) is 19.9 Å². The van der Waals surface area contributed by atoms with Crippen LogP contribution in [0.3, 0.4) is 0 Å². The standard InChI is InChI=1S/C17H16BrN3O4/c1-25-14-7-3-5-12(16(14)23)9-20-21-15(22)10-19-17(24)11-4-2-6-13(18)8-11/h2-9,23H,10H2,1H3,(H,19,24)(H,21,22)/b20-9-. The average molecular weight is 406 g/mol. The van der Waals surface area contributed by atoms with Crippen molar-refractivity contribution in [2.24, 2.45) is 5.10 Å². The highest BCUT2D eigenvalue weighted by Crippen LogP contribution is 2.27. The van der Waals surface area contributed by atoms with Crippen LogP contribution in [0.4, 0.5) is 0 Å². The number of para-hydroxylation sites is 1. The van der Waals surface area contributed by atoms with Crippen LogP contribution in [0, 0.1) is 0 Å². The minimum Gasteiger partial charge on any atom is -0.504 e. The van der Waals surface area contributed by atoms with E-state index in [-0.39, 0.29) is 18.2 Å². The second kappa shape index (κ2) is 8.84. The number of ether oxygens (including phenoxy) is 1. The normalized spacial score (nSPS) is 10.5. The van der Waals surface area contributed by atoms with Crippen molar-refractivity contribution in [3.8, 4) is 11.5 Å². The second-order valence-electron chi connectivity index (χ2n) is 4.88. The molecule has 0 spiro atoms. The number of nitrogens with one attached hydrogen (secondary N) is 2. The van der Waals surface area contributed by atoms with Crippen LogP contribution < -0.4 is 15.5 Å². The lowest BCUT2D eigenvalue weighted by atomic mass is 10.2. The summed E-state index contributed by atoms with van der Waals surface area (Å²) in [4.78, 5) is 23.6. The number of carbonyl (C=O) groups excluding carboxylic acids is 2. The van der Waals surface area contributed by atoms with Gasteiger partial charge in [-0.25, -0.2) is 5.43 Å². The number of phenolic OH excluding ortho intramolecular Hbond substituents is 1. The number of hydrogen-bond donors (Lipinski definition) is 3. The summed E-state index contributed by atoms with van der Waals surface area (Å²) in [6.07, 6.45) is 1.28. The highest BCUT2D eigenvalue weighted by atomic mass is 79.9. The van der Waals surface area contributed by atoms with Crippen LogP contribution in [0.5, 0.6) is 11.5 Å². The van der Waals surface area contributed by atoms with Crippen LogP contribution in [-0.4, -0.2) is 36.8 Å². The number of carbonyl (C=O) groups is 2. The molecular formula is C17H16BrN3O4. The fourth-order valence-electron chi connectivity index (χ4n) is 1.91. The van der Waals surface area contributed by atoms with E-state index in [1.807, 2.05) is 0 Å². The summed E-state index contributed by atoms with van der Waals surface area (Å²) in [5.41, 5.74) is 3.09. The lowest BCUT2D eigenvalue weighted by molar-refractivity contribution is -0.120. The highest BCUT2D eigenvalue weighted by molar-refractivity contribution is 9.10. The molecule has 130 valence electrons. The van der Waals surface area contributed by atoms with Crippen LogP contribution in [-0.2, 0) is 4.79 Å². The van der Waals surface area contributed by atoms with Crippen LogP contribution in [0.2, 0.25) is 0 Å². The van der Waals surface area contributed by atoms with Crippen LogP contribution in [0.15, 0.2) is 52.0 Å². The zero-order valence-corrected chi connectivity index (χ0v) is 14.9. The Morgan fingerprint density at radius 2 is 2.04 bits per heavy atom. The molecule has 0 heterocycles. The molecule has 0 aliphatic carbocycles. The monoisotopic (exact) mass is 405 g/mol. The number of hydrazone groups is 1. The van der Waals surface area contributed by atoms with Gasteiger partial charge in [0.2, 0.25) is 0 Å². The van der Waals surface area contributed by atoms with E-state index in [0.29, 0.717) is 16.9 Å². The third-order valence-electron chi connectivity index (χ3n) is 3.14. The van der Waals surface area contributed by atoms with E-state index in [4.69, 9.17) is 4.74 Å². The van der Waals surface area contributed by atoms with Crippen molar-refractivity contribution < 1.29 is 19.4 Å². The van der Waals surface area contributed by atoms with Gasteiger partial charge in [0.1, 0.15) is 0 Å². The summed E-state index contributed by atoms with van der Waals surface area (Å²) in [5.74, 6) is -0.643. The van der Waals surface area contributed by atoms with Crippen molar-refractivity contribution in [1.29, 1.82) is 0 Å². The van der Waals surface area contributed by atoms with E-state index in [0.717, 1.165) is 4.47 Å². The minimum absolute atomic E-state index is 0.0778. The smallest absolute Gasteiger partial charge is 0.259 e. The lowest BCUT2D eigenvalue weighted by Gasteiger charge is -2.06. The summed E-state index contributed by atoms with van der Waals surface area (Å²) >= 11 is 3.28. The number of amides is 2. The van der Waals surface area contributed by atoms with Gasteiger partial charge in [-0.3, -0.25) is 9.59 Å². The van der Waals surface area contributed by atoms with Crippen molar-refractivity contribution in [1.82, 2.24) is 10.7 Å². The first-order valence-electron chi connectivity index (χ1n) is 7.23. The number of halogens is 1. The molecule has 8 heteroatoms. The molecule has 3 N–H and O–H groups in total. The number of methoxy groups -OCH3 is 1. The van der Waals surface area contributed by atoms with E-state index in [1.165, 1.54) is 13.3 Å². The first kappa shape index (κ1) is 18.5. The second-order valence-corrected chi connectivity index (χ2v) is 5.80. The molecule has 2 rings (SSSR count). The predicted molar refractivity (Wildman–Crippen MR) is 96.9 cm³/mol. The fourth-order valence-corrected chi connectivity index (χ4v) is 2.31. The summed E-state index contributed by atoms with van der Waals surface area (Å²) in [5, 5.41) is 16.1. The average Bonchev–Trinajstić information content (AvgIpc) is 2.61. The summed E-state index contributed by atoms with van der Waals surface area (Å²) in [6, 6.07) is 11.7. The maximum atomic E-state index is 11.9. The molecule has 0 fully saturated rings. The summed E-state index contributed by atoms with van der Waals surface area (Å²) in [7, 11) is 1.44. The molecule has 25 heavy (non-hydrogen) atoms. The first-order chi connectivity index (χ1) is 12.0. The lowest BCUT2D eigenvalue weighted by Crippen LogP contribution is -2.34. The zero-order chi connectivity index (χ0) is 18.2. The predicted octanol–water partition coefficient (Wildman–Crippen LogP) is 2.04. The molecule has 0 saturated heterocycles. The molecule has 0 aliphatic heterocycles. The molecular weight excluding hydrogens is 390 g/mol. The molecule has 2 aromatic carbocycles. The molecule has 7 nitrogen and oxygen atoms in total. The van der Waals surface area contributed by atoms with Crippen molar-refractivity contribution in [2.45, 2.75) is 0 Å². The fraction of sp³-hybridized carbons (Fsp3) is 0.118. The summed E-state index contributed by atoms with van der Waals surface area (Å²) in [6.45, 7) is -0.229. The van der Waals surface area contributed by atoms with Gasteiger partial charge in [0.15, 0.2) is 11.5 Å². The highest BCUT2D eigenvalue weighted by Gasteiger charge is 2.08. The number of nitrogens with zero attached hydrogens (tertiary/aromatic N) is 1. The van der Waals surface area contributed by atoms with Gasteiger partial charge in [-0.15, -0.1) is 0 Å². The number of aromatic hydroxyl groups is 1. The Balaban J connectivity index is 1.86. The Kier molecular flexibility index (Phi) is 6.53. The largest absolute Gasteiger partial charge is 0.504 e. The topological polar surface area (TPSA) is 100 Å². The van der Waals surface area contributed by atoms with E-state index >= 15 is 0 Å². The van der Waals surface area contributed by atoms with E-state index in [2.05, 4.69) is 31.8 Å². The maximum absolute atomic E-state index is 11.9. The quantitative estimate of drug-likeness (QED) is 0.505. The third-order valence-corrected chi connectivity index (χ3v) is 3.63.